The lowest BCUT2D eigenvalue weighted by atomic mass is 10.3. The van der Waals surface area contributed by atoms with Gasteiger partial charge in [0.2, 0.25) is 0 Å². The van der Waals surface area contributed by atoms with Gasteiger partial charge in [-0.1, -0.05) is 6.92 Å². The van der Waals surface area contributed by atoms with Crippen molar-refractivity contribution in [2.45, 2.75) is 13.3 Å². The van der Waals surface area contributed by atoms with Gasteiger partial charge in [-0.25, -0.2) is 4.68 Å². The molecule has 2 aromatic rings. The number of hydrogen-bond acceptors (Lipinski definition) is 5. The molecule has 0 atom stereocenters. The molecule has 0 unspecified atom stereocenters. The normalized spacial score (nSPS) is 10.1. The highest BCUT2D eigenvalue weighted by atomic mass is 16.5. The first-order valence-corrected chi connectivity index (χ1v) is 6.38. The van der Waals surface area contributed by atoms with Crippen LogP contribution in [-0.2, 0) is 0 Å². The minimum absolute atomic E-state index is 0.330. The molecule has 0 bridgehead atoms. The molecule has 104 valence electrons. The number of methoxy groups -OCH3 is 1. The van der Waals surface area contributed by atoms with E-state index >= 15 is 0 Å². The van der Waals surface area contributed by atoms with E-state index in [2.05, 4.69) is 16.5 Å². The molecule has 0 fully saturated rings. The standard InChI is InChI=1S/C14H17N5O/c1-3-8-17-14-12(9-15)13(16)19(18-14)10-4-6-11(20-2)7-5-10/h4-7H,3,8,16H2,1-2H3,(H,17,18). The summed E-state index contributed by atoms with van der Waals surface area (Å²) >= 11 is 0. The van der Waals surface area contributed by atoms with E-state index in [-0.39, 0.29) is 0 Å². The van der Waals surface area contributed by atoms with Crippen molar-refractivity contribution in [2.75, 3.05) is 24.7 Å². The van der Waals surface area contributed by atoms with Crippen LogP contribution in [0, 0.1) is 11.3 Å². The van der Waals surface area contributed by atoms with Gasteiger partial charge >= 0.3 is 0 Å². The lowest BCUT2D eigenvalue weighted by Gasteiger charge is -2.05. The third-order valence-corrected chi connectivity index (χ3v) is 2.89. The Balaban J connectivity index is 2.40. The van der Waals surface area contributed by atoms with Gasteiger partial charge in [0.25, 0.3) is 0 Å². The Labute approximate surface area is 117 Å². The summed E-state index contributed by atoms with van der Waals surface area (Å²) in [5.74, 6) is 1.60. The van der Waals surface area contributed by atoms with Crippen LogP contribution in [0.2, 0.25) is 0 Å². The van der Waals surface area contributed by atoms with Crippen molar-refractivity contribution in [3.63, 3.8) is 0 Å². The van der Waals surface area contributed by atoms with E-state index in [0.717, 1.165) is 24.4 Å². The van der Waals surface area contributed by atoms with Gasteiger partial charge in [0.15, 0.2) is 5.82 Å². The number of nitrogen functional groups attached to an aromatic ring is 1. The molecular formula is C14H17N5O. The lowest BCUT2D eigenvalue weighted by Crippen LogP contribution is -2.03. The second-order valence-electron chi connectivity index (χ2n) is 4.26. The summed E-state index contributed by atoms with van der Waals surface area (Å²) in [5.41, 5.74) is 7.15. The predicted molar refractivity (Wildman–Crippen MR) is 78.0 cm³/mol. The summed E-state index contributed by atoms with van der Waals surface area (Å²) < 4.78 is 6.66. The Kier molecular flexibility index (Phi) is 4.11. The molecule has 6 heteroatoms. The topological polar surface area (TPSA) is 88.9 Å². The van der Waals surface area contributed by atoms with Crippen LogP contribution in [0.5, 0.6) is 5.75 Å². The highest BCUT2D eigenvalue weighted by molar-refractivity contribution is 5.66. The van der Waals surface area contributed by atoms with Gasteiger partial charge in [0.05, 0.1) is 12.8 Å². The van der Waals surface area contributed by atoms with E-state index in [1.54, 1.807) is 11.8 Å². The fourth-order valence-electron chi connectivity index (χ4n) is 1.83. The summed E-state index contributed by atoms with van der Waals surface area (Å²) in [6.45, 7) is 2.79. The van der Waals surface area contributed by atoms with Crippen LogP contribution in [0.15, 0.2) is 24.3 Å². The van der Waals surface area contributed by atoms with Crippen molar-refractivity contribution < 1.29 is 4.74 Å². The molecule has 0 radical (unpaired) electrons. The number of nitrogens with two attached hydrogens (primary N) is 1. The predicted octanol–water partition coefficient (Wildman–Crippen LogP) is 2.16. The SMILES string of the molecule is CCCNc1nn(-c2ccc(OC)cc2)c(N)c1C#N. The monoisotopic (exact) mass is 271 g/mol. The zero-order chi connectivity index (χ0) is 14.5. The van der Waals surface area contributed by atoms with E-state index in [1.165, 1.54) is 0 Å². The van der Waals surface area contributed by atoms with Crippen LogP contribution in [0.4, 0.5) is 11.6 Å². The molecule has 0 spiro atoms. The maximum absolute atomic E-state index is 9.20. The Morgan fingerprint density at radius 1 is 1.40 bits per heavy atom. The van der Waals surface area contributed by atoms with E-state index in [0.29, 0.717) is 17.2 Å². The quantitative estimate of drug-likeness (QED) is 0.869. The molecule has 6 nitrogen and oxygen atoms in total. The highest BCUT2D eigenvalue weighted by Gasteiger charge is 2.16. The largest absolute Gasteiger partial charge is 0.497 e. The Morgan fingerprint density at radius 3 is 2.65 bits per heavy atom. The first-order valence-electron chi connectivity index (χ1n) is 6.38. The second kappa shape index (κ2) is 5.97. The Hall–Kier alpha value is -2.68. The van der Waals surface area contributed by atoms with Crippen LogP contribution >= 0.6 is 0 Å². The van der Waals surface area contributed by atoms with Gasteiger partial charge in [-0.05, 0) is 30.7 Å². The number of nitrogens with one attached hydrogen (secondary N) is 1. The van der Waals surface area contributed by atoms with Crippen LogP contribution in [0.1, 0.15) is 18.9 Å². The van der Waals surface area contributed by atoms with Gasteiger partial charge in [-0.15, -0.1) is 5.10 Å². The summed E-state index contributed by atoms with van der Waals surface area (Å²) in [6.07, 6.45) is 0.945. The van der Waals surface area contributed by atoms with E-state index < -0.39 is 0 Å². The van der Waals surface area contributed by atoms with Gasteiger partial charge < -0.3 is 15.8 Å². The number of anilines is 2. The minimum Gasteiger partial charge on any atom is -0.497 e. The average Bonchev–Trinajstić information content (AvgIpc) is 2.81. The molecule has 1 heterocycles. The lowest BCUT2D eigenvalue weighted by molar-refractivity contribution is 0.414. The Bertz CT molecular complexity index is 624. The summed E-state index contributed by atoms with van der Waals surface area (Å²) in [6, 6.07) is 9.41. The number of nitriles is 1. The fourth-order valence-corrected chi connectivity index (χ4v) is 1.83. The number of rotatable bonds is 5. The van der Waals surface area contributed by atoms with E-state index in [1.807, 2.05) is 31.2 Å². The maximum Gasteiger partial charge on any atom is 0.168 e. The molecule has 1 aromatic carbocycles. The minimum atomic E-state index is 0.330. The van der Waals surface area contributed by atoms with Crippen LogP contribution in [-0.4, -0.2) is 23.4 Å². The molecule has 0 aliphatic rings. The van der Waals surface area contributed by atoms with Crippen molar-refractivity contribution in [3.8, 4) is 17.5 Å². The first kappa shape index (κ1) is 13.7. The molecule has 3 N–H and O–H groups in total. The number of hydrogen-bond donors (Lipinski definition) is 2. The van der Waals surface area contributed by atoms with Gasteiger partial charge in [-0.2, -0.15) is 5.26 Å². The van der Waals surface area contributed by atoms with Crippen molar-refractivity contribution in [2.24, 2.45) is 0 Å². The van der Waals surface area contributed by atoms with Crippen molar-refractivity contribution in [1.29, 1.82) is 5.26 Å². The molecule has 2 rings (SSSR count). The molecular weight excluding hydrogens is 254 g/mol. The molecule has 0 aliphatic heterocycles. The average molecular weight is 271 g/mol. The Morgan fingerprint density at radius 2 is 2.10 bits per heavy atom. The maximum atomic E-state index is 9.20. The van der Waals surface area contributed by atoms with Gasteiger partial charge in [0, 0.05) is 6.54 Å². The van der Waals surface area contributed by atoms with Crippen LogP contribution < -0.4 is 15.8 Å². The third kappa shape index (κ3) is 2.52. The zero-order valence-electron chi connectivity index (χ0n) is 11.6. The number of nitrogens with zero attached hydrogens (tertiary/aromatic N) is 3. The second-order valence-corrected chi connectivity index (χ2v) is 4.26. The van der Waals surface area contributed by atoms with Crippen molar-refractivity contribution >= 4 is 11.6 Å². The first-order chi connectivity index (χ1) is 9.71. The molecule has 0 aliphatic carbocycles. The van der Waals surface area contributed by atoms with Crippen molar-refractivity contribution in [1.82, 2.24) is 9.78 Å². The molecule has 20 heavy (non-hydrogen) atoms. The van der Waals surface area contributed by atoms with E-state index in [9.17, 15) is 5.26 Å². The summed E-state index contributed by atoms with van der Waals surface area (Å²) in [4.78, 5) is 0. The number of ether oxygens (including phenoxy) is 1. The number of aromatic nitrogens is 2. The fraction of sp³-hybridized carbons (Fsp3) is 0.286. The van der Waals surface area contributed by atoms with Crippen LogP contribution in [0.25, 0.3) is 5.69 Å². The summed E-state index contributed by atoms with van der Waals surface area (Å²) in [5, 5.41) is 16.7. The summed E-state index contributed by atoms with van der Waals surface area (Å²) in [7, 11) is 1.61. The highest BCUT2D eigenvalue weighted by Crippen LogP contribution is 2.25. The van der Waals surface area contributed by atoms with Gasteiger partial charge in [-0.3, -0.25) is 0 Å². The van der Waals surface area contributed by atoms with Crippen molar-refractivity contribution in [3.05, 3.63) is 29.8 Å². The molecule has 0 amide bonds. The molecule has 0 saturated carbocycles. The molecule has 0 saturated heterocycles. The number of benzene rings is 1. The molecule has 1 aromatic heterocycles. The van der Waals surface area contributed by atoms with Gasteiger partial charge in [0.1, 0.15) is 23.2 Å². The third-order valence-electron chi connectivity index (χ3n) is 2.89. The zero-order valence-corrected chi connectivity index (χ0v) is 11.6. The van der Waals surface area contributed by atoms with E-state index in [4.69, 9.17) is 10.5 Å². The smallest absolute Gasteiger partial charge is 0.168 e. The van der Waals surface area contributed by atoms with Crippen LogP contribution in [0.3, 0.4) is 0 Å².